The molecule has 0 aliphatic rings. The Bertz CT molecular complexity index is 271. The van der Waals surface area contributed by atoms with Gasteiger partial charge in [-0.3, -0.25) is 0 Å². The van der Waals surface area contributed by atoms with Crippen LogP contribution in [0.1, 0.15) is 15.8 Å². The standard InChI is InChI=1S/C7H8F3NS.ClH/c1-4-2-3-5(12-4)6(11)7(8,9)10;/h2-3,6H,11H2,1H3;1H/t6-;/m0./s1. The first-order chi connectivity index (χ1) is 5.41. The first kappa shape index (κ1) is 12.7. The summed E-state index contributed by atoms with van der Waals surface area (Å²) in [7, 11) is 0. The van der Waals surface area contributed by atoms with Gasteiger partial charge >= 0.3 is 6.18 Å². The summed E-state index contributed by atoms with van der Waals surface area (Å²) in [4.78, 5) is 1.00. The van der Waals surface area contributed by atoms with E-state index in [9.17, 15) is 13.2 Å². The van der Waals surface area contributed by atoms with Gasteiger partial charge in [0.2, 0.25) is 0 Å². The van der Waals surface area contributed by atoms with Crippen molar-refractivity contribution in [3.8, 4) is 0 Å². The number of aryl methyl sites for hydroxylation is 1. The van der Waals surface area contributed by atoms with Crippen molar-refractivity contribution < 1.29 is 13.2 Å². The SMILES string of the molecule is Cc1ccc([C@H](N)C(F)(F)F)s1.Cl. The molecule has 1 atom stereocenters. The molecule has 0 bridgehead atoms. The zero-order valence-electron chi connectivity index (χ0n) is 6.76. The molecule has 0 saturated heterocycles. The molecule has 0 radical (unpaired) electrons. The maximum atomic E-state index is 12.0. The van der Waals surface area contributed by atoms with Gasteiger partial charge < -0.3 is 5.73 Å². The van der Waals surface area contributed by atoms with E-state index in [2.05, 4.69) is 0 Å². The van der Waals surface area contributed by atoms with E-state index in [4.69, 9.17) is 5.73 Å². The lowest BCUT2D eigenvalue weighted by Gasteiger charge is -2.12. The molecule has 1 rings (SSSR count). The highest BCUT2D eigenvalue weighted by Crippen LogP contribution is 2.33. The molecule has 1 heterocycles. The van der Waals surface area contributed by atoms with Crippen LogP contribution in [0.2, 0.25) is 0 Å². The number of thiophene rings is 1. The Labute approximate surface area is 84.2 Å². The third-order valence-corrected chi connectivity index (χ3v) is 2.50. The van der Waals surface area contributed by atoms with Crippen LogP contribution in [0.15, 0.2) is 12.1 Å². The van der Waals surface area contributed by atoms with E-state index in [1.165, 1.54) is 6.07 Å². The minimum atomic E-state index is -4.34. The zero-order valence-corrected chi connectivity index (χ0v) is 8.39. The van der Waals surface area contributed by atoms with Crippen LogP contribution in [0.3, 0.4) is 0 Å². The molecule has 0 fully saturated rings. The van der Waals surface area contributed by atoms with Crippen LogP contribution in [0.25, 0.3) is 0 Å². The normalized spacial score (nSPS) is 13.6. The number of hydrogen-bond acceptors (Lipinski definition) is 2. The van der Waals surface area contributed by atoms with E-state index < -0.39 is 12.2 Å². The molecule has 2 N–H and O–H groups in total. The number of alkyl halides is 3. The van der Waals surface area contributed by atoms with Crippen molar-refractivity contribution in [1.29, 1.82) is 0 Å². The Hall–Kier alpha value is -0.260. The van der Waals surface area contributed by atoms with Crippen LogP contribution < -0.4 is 5.73 Å². The van der Waals surface area contributed by atoms with Gasteiger partial charge in [0.1, 0.15) is 6.04 Å². The zero-order chi connectivity index (χ0) is 9.35. The van der Waals surface area contributed by atoms with E-state index in [1.54, 1.807) is 13.0 Å². The lowest BCUT2D eigenvalue weighted by atomic mass is 10.2. The molecule has 6 heteroatoms. The molecule has 13 heavy (non-hydrogen) atoms. The van der Waals surface area contributed by atoms with E-state index in [1.807, 2.05) is 0 Å². The second-order valence-corrected chi connectivity index (χ2v) is 3.79. The van der Waals surface area contributed by atoms with Gasteiger partial charge in [-0.1, -0.05) is 0 Å². The second-order valence-electron chi connectivity index (χ2n) is 2.47. The summed E-state index contributed by atoms with van der Waals surface area (Å²) in [5.74, 6) is 0. The number of nitrogens with two attached hydrogens (primary N) is 1. The third kappa shape index (κ3) is 3.17. The lowest BCUT2D eigenvalue weighted by Crippen LogP contribution is -2.27. The van der Waals surface area contributed by atoms with Crippen molar-refractivity contribution in [2.24, 2.45) is 5.73 Å². The average molecular weight is 232 g/mol. The summed E-state index contributed by atoms with van der Waals surface area (Å²) in [5.41, 5.74) is 4.97. The van der Waals surface area contributed by atoms with Gasteiger partial charge in [-0.2, -0.15) is 13.2 Å². The fraction of sp³-hybridized carbons (Fsp3) is 0.429. The van der Waals surface area contributed by atoms with Crippen molar-refractivity contribution in [3.05, 3.63) is 21.9 Å². The quantitative estimate of drug-likeness (QED) is 0.790. The topological polar surface area (TPSA) is 26.0 Å². The van der Waals surface area contributed by atoms with Crippen LogP contribution in [0, 0.1) is 6.92 Å². The Balaban J connectivity index is 0.00000144. The maximum Gasteiger partial charge on any atom is 0.408 e. The van der Waals surface area contributed by atoms with Gasteiger partial charge in [0, 0.05) is 9.75 Å². The minimum Gasteiger partial charge on any atom is -0.316 e. The van der Waals surface area contributed by atoms with Crippen molar-refractivity contribution in [2.45, 2.75) is 19.1 Å². The first-order valence-corrected chi connectivity index (χ1v) is 4.11. The predicted molar refractivity (Wildman–Crippen MR) is 49.3 cm³/mol. The van der Waals surface area contributed by atoms with E-state index in [0.29, 0.717) is 0 Å². The van der Waals surface area contributed by atoms with Gasteiger partial charge in [-0.05, 0) is 19.1 Å². The summed E-state index contributed by atoms with van der Waals surface area (Å²) >= 11 is 1.08. The van der Waals surface area contributed by atoms with Crippen molar-refractivity contribution in [2.75, 3.05) is 0 Å². The third-order valence-electron chi connectivity index (χ3n) is 1.42. The summed E-state index contributed by atoms with van der Waals surface area (Å²) < 4.78 is 36.1. The van der Waals surface area contributed by atoms with E-state index in [0.717, 1.165) is 16.2 Å². The Morgan fingerprint density at radius 2 is 1.92 bits per heavy atom. The van der Waals surface area contributed by atoms with Gasteiger partial charge in [0.25, 0.3) is 0 Å². The predicted octanol–water partition coefficient (Wildman–Crippen LogP) is 3.04. The maximum absolute atomic E-state index is 12.0. The highest BCUT2D eigenvalue weighted by Gasteiger charge is 2.38. The Morgan fingerprint density at radius 1 is 1.38 bits per heavy atom. The fourth-order valence-corrected chi connectivity index (χ4v) is 1.69. The molecule has 0 aliphatic heterocycles. The van der Waals surface area contributed by atoms with Crippen LogP contribution in [0.5, 0.6) is 0 Å². The molecule has 76 valence electrons. The Kier molecular flexibility index (Phi) is 4.22. The van der Waals surface area contributed by atoms with Crippen LogP contribution in [0.4, 0.5) is 13.2 Å². The molecule has 0 aliphatic carbocycles. The highest BCUT2D eigenvalue weighted by molar-refractivity contribution is 7.12. The summed E-state index contributed by atoms with van der Waals surface area (Å²) in [5, 5.41) is 0. The minimum absolute atomic E-state index is 0. The summed E-state index contributed by atoms with van der Waals surface area (Å²) in [6, 6.07) is 1.21. The molecule has 0 saturated carbocycles. The highest BCUT2D eigenvalue weighted by atomic mass is 35.5. The molecule has 0 amide bonds. The van der Waals surface area contributed by atoms with Crippen LogP contribution >= 0.6 is 23.7 Å². The fourth-order valence-electron chi connectivity index (χ4n) is 0.782. The molecule has 1 aromatic rings. The van der Waals surface area contributed by atoms with E-state index in [-0.39, 0.29) is 17.3 Å². The summed E-state index contributed by atoms with van der Waals surface area (Å²) in [6.07, 6.45) is -4.34. The molecule has 1 aromatic heterocycles. The van der Waals surface area contributed by atoms with Crippen molar-refractivity contribution >= 4 is 23.7 Å². The lowest BCUT2D eigenvalue weighted by molar-refractivity contribution is -0.148. The number of rotatable bonds is 1. The smallest absolute Gasteiger partial charge is 0.316 e. The van der Waals surface area contributed by atoms with Crippen LogP contribution in [-0.2, 0) is 0 Å². The molecule has 0 unspecified atom stereocenters. The molecular formula is C7H9ClF3NS. The molecule has 0 spiro atoms. The van der Waals surface area contributed by atoms with Crippen molar-refractivity contribution in [1.82, 2.24) is 0 Å². The van der Waals surface area contributed by atoms with Gasteiger partial charge in [-0.25, -0.2) is 0 Å². The molecular weight excluding hydrogens is 223 g/mol. The van der Waals surface area contributed by atoms with Gasteiger partial charge in [-0.15, -0.1) is 23.7 Å². The van der Waals surface area contributed by atoms with Gasteiger partial charge in [0.05, 0.1) is 0 Å². The number of halogens is 4. The van der Waals surface area contributed by atoms with Crippen LogP contribution in [-0.4, -0.2) is 6.18 Å². The average Bonchev–Trinajstić information content (AvgIpc) is 2.32. The monoisotopic (exact) mass is 231 g/mol. The Morgan fingerprint density at radius 3 is 2.23 bits per heavy atom. The van der Waals surface area contributed by atoms with E-state index >= 15 is 0 Å². The first-order valence-electron chi connectivity index (χ1n) is 3.30. The van der Waals surface area contributed by atoms with Crippen molar-refractivity contribution in [3.63, 3.8) is 0 Å². The second kappa shape index (κ2) is 4.30. The van der Waals surface area contributed by atoms with Gasteiger partial charge in [0.15, 0.2) is 0 Å². The summed E-state index contributed by atoms with van der Waals surface area (Å²) in [6.45, 7) is 1.75. The molecule has 1 nitrogen and oxygen atoms in total. The number of hydrogen-bond donors (Lipinski definition) is 1. The molecule has 0 aromatic carbocycles. The largest absolute Gasteiger partial charge is 0.408 e.